The molecular formula is C24H26N2O. The Morgan fingerprint density at radius 2 is 1.89 bits per heavy atom. The molecule has 138 valence electrons. The molecule has 0 radical (unpaired) electrons. The van der Waals surface area contributed by atoms with Crippen molar-refractivity contribution < 1.29 is 4.79 Å². The zero-order valence-electron chi connectivity index (χ0n) is 16.0. The van der Waals surface area contributed by atoms with Gasteiger partial charge < -0.3 is 5.32 Å². The first kappa shape index (κ1) is 15.9. The average Bonchev–Trinajstić information content (AvgIpc) is 3.58. The second kappa shape index (κ2) is 5.02. The summed E-state index contributed by atoms with van der Waals surface area (Å²) in [5.41, 5.74) is 4.30. The second-order valence-electron chi connectivity index (χ2n) is 9.43. The number of hydrogen-bond donors (Lipinski definition) is 1. The van der Waals surface area contributed by atoms with Crippen molar-refractivity contribution >= 4 is 17.2 Å². The zero-order valence-corrected chi connectivity index (χ0v) is 16.0. The molecule has 5 atom stereocenters. The van der Waals surface area contributed by atoms with Gasteiger partial charge in [0.15, 0.2) is 5.78 Å². The largest absolute Gasteiger partial charge is 0.356 e. The molecule has 1 spiro atoms. The van der Waals surface area contributed by atoms with Crippen LogP contribution in [0.1, 0.15) is 49.0 Å². The molecule has 4 aliphatic rings. The molecule has 2 unspecified atom stereocenters. The number of anilines is 2. The molecule has 27 heavy (non-hydrogen) atoms. The third-order valence-electron chi connectivity index (χ3n) is 7.87. The van der Waals surface area contributed by atoms with Crippen molar-refractivity contribution in [1.82, 2.24) is 4.90 Å². The summed E-state index contributed by atoms with van der Waals surface area (Å²) in [7, 11) is 0. The van der Waals surface area contributed by atoms with Crippen molar-refractivity contribution in [3.63, 3.8) is 0 Å². The van der Waals surface area contributed by atoms with Crippen LogP contribution in [0, 0.1) is 11.8 Å². The molecule has 3 nitrogen and oxygen atoms in total. The van der Waals surface area contributed by atoms with Crippen LogP contribution in [0.25, 0.3) is 0 Å². The molecule has 6 rings (SSSR count). The van der Waals surface area contributed by atoms with Crippen molar-refractivity contribution in [3.8, 4) is 0 Å². The molecule has 2 saturated carbocycles. The number of carbonyl (C=O) groups is 1. The van der Waals surface area contributed by atoms with E-state index >= 15 is 0 Å². The van der Waals surface area contributed by atoms with E-state index in [0.29, 0.717) is 17.7 Å². The van der Waals surface area contributed by atoms with Crippen LogP contribution in [0.5, 0.6) is 0 Å². The van der Waals surface area contributed by atoms with Crippen LogP contribution >= 0.6 is 0 Å². The van der Waals surface area contributed by atoms with Crippen LogP contribution in [-0.2, 0) is 5.41 Å². The van der Waals surface area contributed by atoms with Crippen LogP contribution in [-0.4, -0.2) is 28.8 Å². The van der Waals surface area contributed by atoms with Crippen LogP contribution in [0.15, 0.2) is 48.5 Å². The highest BCUT2D eigenvalue weighted by atomic mass is 16.1. The number of nitrogens with one attached hydrogen (secondary N) is 1. The number of fused-ring (bicyclic) bond motifs is 3. The quantitative estimate of drug-likeness (QED) is 0.800. The summed E-state index contributed by atoms with van der Waals surface area (Å²) in [6.07, 6.45) is 3.70. The number of rotatable bonds is 4. The monoisotopic (exact) mass is 358 g/mol. The van der Waals surface area contributed by atoms with Gasteiger partial charge in [0.05, 0.1) is 0 Å². The van der Waals surface area contributed by atoms with E-state index in [1.165, 1.54) is 18.4 Å². The lowest BCUT2D eigenvalue weighted by Crippen LogP contribution is -2.43. The fourth-order valence-corrected chi connectivity index (χ4v) is 6.13. The Hall–Kier alpha value is -2.13. The number of benzene rings is 2. The van der Waals surface area contributed by atoms with Gasteiger partial charge >= 0.3 is 0 Å². The van der Waals surface area contributed by atoms with Crippen molar-refractivity contribution in [3.05, 3.63) is 59.7 Å². The van der Waals surface area contributed by atoms with E-state index < -0.39 is 0 Å². The van der Waals surface area contributed by atoms with E-state index in [9.17, 15) is 4.79 Å². The van der Waals surface area contributed by atoms with E-state index in [1.54, 1.807) is 0 Å². The topological polar surface area (TPSA) is 32.1 Å². The minimum absolute atomic E-state index is 0.0995. The first-order valence-electron chi connectivity index (χ1n) is 10.3. The van der Waals surface area contributed by atoms with Gasteiger partial charge in [0.1, 0.15) is 5.54 Å². The highest BCUT2D eigenvalue weighted by molar-refractivity contribution is 6.10. The Morgan fingerprint density at radius 3 is 2.63 bits per heavy atom. The van der Waals surface area contributed by atoms with E-state index in [2.05, 4.69) is 54.4 Å². The lowest BCUT2D eigenvalue weighted by Gasteiger charge is -2.40. The number of carbonyl (C=O) groups excluding carboxylic acids is 1. The minimum atomic E-state index is -0.182. The lowest BCUT2D eigenvalue weighted by molar-refractivity contribution is 0.0862. The van der Waals surface area contributed by atoms with Gasteiger partial charge in [-0.2, -0.15) is 0 Å². The van der Waals surface area contributed by atoms with Gasteiger partial charge in [-0.05, 0) is 72.4 Å². The number of likely N-dealkylation sites (tertiary alicyclic amines) is 1. The smallest absolute Gasteiger partial charge is 0.185 e. The highest BCUT2D eigenvalue weighted by Gasteiger charge is 2.79. The summed E-state index contributed by atoms with van der Waals surface area (Å²) >= 11 is 0. The fraction of sp³-hybridized carbons (Fsp3) is 0.458. The normalized spacial score (nSPS) is 38.3. The Balaban J connectivity index is 1.39. The first-order chi connectivity index (χ1) is 13.0. The summed E-state index contributed by atoms with van der Waals surface area (Å²) in [6.45, 7) is 5.90. The Morgan fingerprint density at radius 1 is 1.11 bits per heavy atom. The molecule has 2 aromatic carbocycles. The van der Waals surface area contributed by atoms with Crippen LogP contribution < -0.4 is 5.32 Å². The van der Waals surface area contributed by atoms with E-state index in [4.69, 9.17) is 0 Å². The zero-order chi connectivity index (χ0) is 18.4. The van der Waals surface area contributed by atoms with Crippen molar-refractivity contribution in [2.75, 3.05) is 11.9 Å². The molecule has 0 amide bonds. The minimum Gasteiger partial charge on any atom is -0.356 e. The molecule has 2 bridgehead atoms. The van der Waals surface area contributed by atoms with Gasteiger partial charge in [-0.1, -0.05) is 32.0 Å². The van der Waals surface area contributed by atoms with Gasteiger partial charge in [-0.15, -0.1) is 0 Å². The molecule has 2 aromatic rings. The summed E-state index contributed by atoms with van der Waals surface area (Å²) in [4.78, 5) is 16.1. The molecule has 1 aliphatic heterocycles. The predicted molar refractivity (Wildman–Crippen MR) is 108 cm³/mol. The Labute approximate surface area is 160 Å². The van der Waals surface area contributed by atoms with Crippen LogP contribution in [0.4, 0.5) is 11.4 Å². The van der Waals surface area contributed by atoms with Crippen molar-refractivity contribution in [2.45, 2.75) is 50.1 Å². The number of nitrogens with zero attached hydrogens (tertiary/aromatic N) is 1. The third-order valence-corrected chi connectivity index (χ3v) is 7.87. The number of piperidine rings is 1. The van der Waals surface area contributed by atoms with Gasteiger partial charge in [0, 0.05) is 29.5 Å². The fourth-order valence-electron chi connectivity index (χ4n) is 6.13. The first-order valence-corrected chi connectivity index (χ1v) is 10.3. The highest BCUT2D eigenvalue weighted by Crippen LogP contribution is 2.68. The average molecular weight is 358 g/mol. The van der Waals surface area contributed by atoms with Gasteiger partial charge in [-0.3, -0.25) is 9.69 Å². The van der Waals surface area contributed by atoms with Crippen LogP contribution in [0.2, 0.25) is 0 Å². The number of Topliss-reactive ketones (excluding diaryl/α,β-unsaturated/α-hetero) is 1. The number of para-hydroxylation sites is 1. The lowest BCUT2D eigenvalue weighted by atomic mass is 9.67. The standard InChI is InChI=1S/C24H26N2O/c1-15-21-24(26(21)13-16-8-9-16)14-23(15,2)20-12-18(10-11-19(20)22(24)27)25-17-6-4-3-5-7-17/h3-7,10-12,15-16,21,25H,8-9,13-14H2,1-2H3/t15-,21-,23-,24?,26?/m0/s1. The summed E-state index contributed by atoms with van der Waals surface area (Å²) in [6, 6.07) is 17.1. The van der Waals surface area contributed by atoms with Crippen molar-refractivity contribution in [1.29, 1.82) is 0 Å². The molecule has 3 aliphatic carbocycles. The summed E-state index contributed by atoms with van der Waals surface area (Å²) < 4.78 is 0. The van der Waals surface area contributed by atoms with Crippen LogP contribution in [0.3, 0.4) is 0 Å². The third kappa shape index (κ3) is 1.98. The van der Waals surface area contributed by atoms with E-state index in [1.807, 2.05) is 18.2 Å². The maximum Gasteiger partial charge on any atom is 0.185 e. The van der Waals surface area contributed by atoms with E-state index in [-0.39, 0.29) is 11.0 Å². The molecule has 1 N–H and O–H groups in total. The number of hydrogen-bond acceptors (Lipinski definition) is 3. The molecule has 3 fully saturated rings. The van der Waals surface area contributed by atoms with Gasteiger partial charge in [-0.25, -0.2) is 0 Å². The number of ketones is 1. The Kier molecular flexibility index (Phi) is 2.95. The predicted octanol–water partition coefficient (Wildman–Crippen LogP) is 4.76. The second-order valence-corrected chi connectivity index (χ2v) is 9.43. The molecule has 1 heterocycles. The molecular weight excluding hydrogens is 332 g/mol. The molecule has 3 heteroatoms. The summed E-state index contributed by atoms with van der Waals surface area (Å²) in [5, 5.41) is 3.50. The van der Waals surface area contributed by atoms with Crippen molar-refractivity contribution in [2.24, 2.45) is 11.8 Å². The Bertz CT molecular complexity index is 950. The van der Waals surface area contributed by atoms with Gasteiger partial charge in [0.2, 0.25) is 0 Å². The molecule has 1 saturated heterocycles. The maximum atomic E-state index is 13.5. The van der Waals surface area contributed by atoms with E-state index in [0.717, 1.165) is 35.8 Å². The maximum absolute atomic E-state index is 13.5. The SMILES string of the molecule is C[C@H]1[C@@H]2N(CC3CC3)C23C[C@]1(C)c1cc(Nc2ccccc2)ccc1C3=O. The molecule has 0 aromatic heterocycles. The summed E-state index contributed by atoms with van der Waals surface area (Å²) in [5.74, 6) is 1.75. The van der Waals surface area contributed by atoms with Gasteiger partial charge in [0.25, 0.3) is 0 Å².